The molecule has 3 N–H and O–H groups in total. The Morgan fingerprint density at radius 2 is 1.76 bits per heavy atom. The SMILES string of the molecule is CC1(C)OB(c2c(N)[nH]ccc2=O)OC1(C)C. The van der Waals surface area contributed by atoms with Crippen molar-refractivity contribution in [3.63, 3.8) is 0 Å². The van der Waals surface area contributed by atoms with Crippen molar-refractivity contribution in [2.75, 3.05) is 5.73 Å². The maximum atomic E-state index is 11.8. The molecule has 1 aliphatic rings. The Morgan fingerprint density at radius 1 is 1.24 bits per heavy atom. The summed E-state index contributed by atoms with van der Waals surface area (Å²) in [6.45, 7) is 7.72. The van der Waals surface area contributed by atoms with Crippen molar-refractivity contribution in [2.45, 2.75) is 38.9 Å². The molecule has 2 heterocycles. The Bertz CT molecular complexity index is 480. The van der Waals surface area contributed by atoms with E-state index in [-0.39, 0.29) is 11.2 Å². The summed E-state index contributed by atoms with van der Waals surface area (Å²) in [5, 5.41) is 0. The topological polar surface area (TPSA) is 77.3 Å². The standard InChI is InChI=1S/C11H17BN2O3/c1-10(2)11(3,4)17-12(16-10)8-7(15)5-6-14-9(8)13/h5-6H,1-4H3,(H3,13,14,15). The average Bonchev–Trinajstić information content (AvgIpc) is 2.35. The monoisotopic (exact) mass is 236 g/mol. The molecule has 1 aromatic heterocycles. The third kappa shape index (κ3) is 1.87. The molecule has 0 saturated carbocycles. The van der Waals surface area contributed by atoms with Crippen LogP contribution in [0, 0.1) is 0 Å². The summed E-state index contributed by atoms with van der Waals surface area (Å²) in [6, 6.07) is 1.41. The van der Waals surface area contributed by atoms with Gasteiger partial charge < -0.3 is 20.0 Å². The highest BCUT2D eigenvalue weighted by Crippen LogP contribution is 2.36. The van der Waals surface area contributed by atoms with E-state index < -0.39 is 18.3 Å². The highest BCUT2D eigenvalue weighted by Gasteiger charge is 2.53. The first-order valence-electron chi connectivity index (χ1n) is 5.57. The summed E-state index contributed by atoms with van der Waals surface area (Å²) in [5.41, 5.74) is 4.96. The maximum absolute atomic E-state index is 11.8. The van der Waals surface area contributed by atoms with Crippen LogP contribution in [0.5, 0.6) is 0 Å². The predicted molar refractivity (Wildman–Crippen MR) is 67.2 cm³/mol. The summed E-state index contributed by atoms with van der Waals surface area (Å²) in [6.07, 6.45) is 1.51. The van der Waals surface area contributed by atoms with Crippen LogP contribution < -0.4 is 16.6 Å². The van der Waals surface area contributed by atoms with Gasteiger partial charge in [-0.3, -0.25) is 4.79 Å². The Labute approximate surface area is 100 Å². The van der Waals surface area contributed by atoms with Crippen LogP contribution in [0.25, 0.3) is 0 Å². The fraction of sp³-hybridized carbons (Fsp3) is 0.545. The molecule has 5 nitrogen and oxygen atoms in total. The van der Waals surface area contributed by atoms with Crippen molar-refractivity contribution in [3.8, 4) is 0 Å². The van der Waals surface area contributed by atoms with Gasteiger partial charge in [-0.2, -0.15) is 0 Å². The second-order valence-electron chi connectivity index (χ2n) is 5.26. The summed E-state index contributed by atoms with van der Waals surface area (Å²) in [7, 11) is -0.718. The highest BCUT2D eigenvalue weighted by molar-refractivity contribution is 6.63. The lowest BCUT2D eigenvalue weighted by Gasteiger charge is -2.32. The summed E-state index contributed by atoms with van der Waals surface area (Å²) < 4.78 is 11.6. The molecule has 1 saturated heterocycles. The van der Waals surface area contributed by atoms with Gasteiger partial charge >= 0.3 is 7.12 Å². The molecule has 0 atom stereocenters. The Morgan fingerprint density at radius 3 is 2.24 bits per heavy atom. The number of anilines is 1. The van der Waals surface area contributed by atoms with Crippen molar-refractivity contribution >= 4 is 18.4 Å². The molecule has 1 aliphatic heterocycles. The van der Waals surface area contributed by atoms with Gasteiger partial charge in [-0.15, -0.1) is 0 Å². The van der Waals surface area contributed by atoms with Crippen molar-refractivity contribution in [1.82, 2.24) is 4.98 Å². The average molecular weight is 236 g/mol. The lowest BCUT2D eigenvalue weighted by Crippen LogP contribution is -2.45. The zero-order valence-corrected chi connectivity index (χ0v) is 10.5. The van der Waals surface area contributed by atoms with E-state index in [4.69, 9.17) is 15.0 Å². The molecule has 0 spiro atoms. The number of nitrogens with one attached hydrogen (secondary N) is 1. The quantitative estimate of drug-likeness (QED) is 0.685. The zero-order chi connectivity index (χ0) is 12.8. The van der Waals surface area contributed by atoms with Gasteiger partial charge in [-0.05, 0) is 27.7 Å². The molecule has 2 rings (SSSR count). The van der Waals surface area contributed by atoms with Crippen molar-refractivity contribution in [1.29, 1.82) is 0 Å². The van der Waals surface area contributed by atoms with E-state index in [2.05, 4.69) is 4.98 Å². The van der Waals surface area contributed by atoms with E-state index in [9.17, 15) is 4.79 Å². The molecule has 1 aromatic rings. The van der Waals surface area contributed by atoms with Crippen LogP contribution in [0.15, 0.2) is 17.1 Å². The lowest BCUT2D eigenvalue weighted by molar-refractivity contribution is 0.00578. The van der Waals surface area contributed by atoms with Crippen molar-refractivity contribution in [2.24, 2.45) is 0 Å². The van der Waals surface area contributed by atoms with Crippen LogP contribution in [-0.4, -0.2) is 23.3 Å². The highest BCUT2D eigenvalue weighted by atomic mass is 16.7. The molecule has 0 aromatic carbocycles. The minimum Gasteiger partial charge on any atom is -0.399 e. The Kier molecular flexibility index (Phi) is 2.59. The largest absolute Gasteiger partial charge is 0.502 e. The first-order chi connectivity index (χ1) is 7.74. The van der Waals surface area contributed by atoms with Gasteiger partial charge in [0.2, 0.25) is 0 Å². The number of aromatic nitrogens is 1. The van der Waals surface area contributed by atoms with Crippen LogP contribution in [0.1, 0.15) is 27.7 Å². The summed E-state index contributed by atoms with van der Waals surface area (Å²) in [5.74, 6) is 0.288. The van der Waals surface area contributed by atoms with Gasteiger partial charge in [-0.25, -0.2) is 0 Å². The zero-order valence-electron chi connectivity index (χ0n) is 10.5. The molecule has 0 amide bonds. The fourth-order valence-corrected chi connectivity index (χ4v) is 1.71. The molecule has 0 bridgehead atoms. The second-order valence-corrected chi connectivity index (χ2v) is 5.26. The van der Waals surface area contributed by atoms with E-state index >= 15 is 0 Å². The Balaban J connectivity index is 2.43. The molecule has 1 fully saturated rings. The number of hydrogen-bond acceptors (Lipinski definition) is 4. The van der Waals surface area contributed by atoms with E-state index in [1.165, 1.54) is 12.3 Å². The number of hydrogen-bond donors (Lipinski definition) is 2. The molecule has 92 valence electrons. The summed E-state index contributed by atoms with van der Waals surface area (Å²) >= 11 is 0. The number of nitrogen functional groups attached to an aromatic ring is 1. The van der Waals surface area contributed by atoms with Gasteiger partial charge in [0.05, 0.1) is 16.7 Å². The Hall–Kier alpha value is -1.27. The molecule has 0 aliphatic carbocycles. The lowest BCUT2D eigenvalue weighted by atomic mass is 9.79. The van der Waals surface area contributed by atoms with Crippen LogP contribution >= 0.6 is 0 Å². The van der Waals surface area contributed by atoms with Crippen LogP contribution in [0.4, 0.5) is 5.82 Å². The minimum absolute atomic E-state index is 0.181. The molecular formula is C11H17BN2O3. The number of pyridine rings is 1. The minimum atomic E-state index is -0.718. The van der Waals surface area contributed by atoms with Gasteiger partial charge in [-0.1, -0.05) is 0 Å². The number of aromatic amines is 1. The molecule has 6 heteroatoms. The summed E-state index contributed by atoms with van der Waals surface area (Å²) in [4.78, 5) is 14.6. The van der Waals surface area contributed by atoms with E-state index in [1.807, 2.05) is 27.7 Å². The van der Waals surface area contributed by atoms with Gasteiger partial charge in [0.25, 0.3) is 0 Å². The molecular weight excluding hydrogens is 219 g/mol. The van der Waals surface area contributed by atoms with Crippen LogP contribution in [0.2, 0.25) is 0 Å². The van der Waals surface area contributed by atoms with Gasteiger partial charge in [0, 0.05) is 12.3 Å². The molecule has 0 unspecified atom stereocenters. The first kappa shape index (κ1) is 12.2. The second kappa shape index (κ2) is 3.61. The number of rotatable bonds is 1. The predicted octanol–water partition coefficient (Wildman–Crippen LogP) is 0.256. The van der Waals surface area contributed by atoms with Crippen molar-refractivity contribution < 1.29 is 9.31 Å². The number of H-pyrrole nitrogens is 1. The molecule has 0 radical (unpaired) electrons. The normalized spacial score (nSPS) is 21.8. The van der Waals surface area contributed by atoms with E-state index in [0.29, 0.717) is 5.46 Å². The fourth-order valence-electron chi connectivity index (χ4n) is 1.71. The van der Waals surface area contributed by atoms with E-state index in [1.54, 1.807) is 0 Å². The third-order valence-corrected chi connectivity index (χ3v) is 3.52. The number of nitrogens with two attached hydrogens (primary N) is 1. The van der Waals surface area contributed by atoms with Crippen molar-refractivity contribution in [3.05, 3.63) is 22.5 Å². The van der Waals surface area contributed by atoms with Gasteiger partial charge in [0.15, 0.2) is 5.43 Å². The van der Waals surface area contributed by atoms with Gasteiger partial charge in [0.1, 0.15) is 5.82 Å². The third-order valence-electron chi connectivity index (χ3n) is 3.52. The van der Waals surface area contributed by atoms with Crippen LogP contribution in [0.3, 0.4) is 0 Å². The molecule has 17 heavy (non-hydrogen) atoms. The smallest absolute Gasteiger partial charge is 0.399 e. The van der Waals surface area contributed by atoms with E-state index in [0.717, 1.165) is 0 Å². The van der Waals surface area contributed by atoms with Crippen LogP contribution in [-0.2, 0) is 9.31 Å². The maximum Gasteiger partial charge on any atom is 0.502 e. The first-order valence-corrected chi connectivity index (χ1v) is 5.57.